The quantitative estimate of drug-likeness (QED) is 0.109. The van der Waals surface area contributed by atoms with Crippen LogP contribution in [0.3, 0.4) is 0 Å². The molecule has 7 nitrogen and oxygen atoms in total. The van der Waals surface area contributed by atoms with Gasteiger partial charge in [0.15, 0.2) is 11.5 Å². The van der Waals surface area contributed by atoms with Gasteiger partial charge in [0.1, 0.15) is 17.2 Å². The first-order chi connectivity index (χ1) is 21.6. The lowest BCUT2D eigenvalue weighted by Gasteiger charge is -2.32. The monoisotopic (exact) mass is 614 g/mol. The summed E-state index contributed by atoms with van der Waals surface area (Å²) in [7, 11) is 0. The van der Waals surface area contributed by atoms with E-state index in [0.717, 1.165) is 99.0 Å². The number of ether oxygens (including phenoxy) is 7. The van der Waals surface area contributed by atoms with Crippen molar-refractivity contribution in [3.63, 3.8) is 0 Å². The minimum absolute atomic E-state index is 0.507. The molecule has 2 aromatic carbocycles. The SMILES string of the molecule is CCCCOc1cc(OCCCC)c(C2(CCc3ccc(OCCCC)c(OCCCC)c3)OCCO2)c(OCCCC)c1. The van der Waals surface area contributed by atoms with Crippen molar-refractivity contribution in [2.45, 2.75) is 117 Å². The Hall–Kier alpha value is -2.64. The number of rotatable bonds is 24. The van der Waals surface area contributed by atoms with Crippen molar-refractivity contribution < 1.29 is 33.2 Å². The van der Waals surface area contributed by atoms with Gasteiger partial charge in [-0.1, -0.05) is 72.8 Å². The van der Waals surface area contributed by atoms with E-state index in [0.29, 0.717) is 64.2 Å². The second-order valence-electron chi connectivity index (χ2n) is 11.5. The van der Waals surface area contributed by atoms with Crippen molar-refractivity contribution in [2.75, 3.05) is 46.2 Å². The molecule has 248 valence electrons. The molecule has 3 rings (SSSR count). The van der Waals surface area contributed by atoms with E-state index in [9.17, 15) is 0 Å². The maximum Gasteiger partial charge on any atom is 0.202 e. The Bertz CT molecular complexity index is 1030. The molecule has 1 aliphatic rings. The molecule has 0 unspecified atom stereocenters. The van der Waals surface area contributed by atoms with Gasteiger partial charge in [-0.3, -0.25) is 0 Å². The van der Waals surface area contributed by atoms with Crippen molar-refractivity contribution in [1.29, 1.82) is 0 Å². The molecule has 44 heavy (non-hydrogen) atoms. The van der Waals surface area contributed by atoms with Crippen LogP contribution in [-0.4, -0.2) is 46.2 Å². The first-order valence-corrected chi connectivity index (χ1v) is 17.3. The van der Waals surface area contributed by atoms with Crippen LogP contribution >= 0.6 is 0 Å². The highest BCUT2D eigenvalue weighted by atomic mass is 16.7. The lowest BCUT2D eigenvalue weighted by atomic mass is 9.95. The van der Waals surface area contributed by atoms with Gasteiger partial charge in [0.05, 0.1) is 51.8 Å². The first kappa shape index (κ1) is 35.8. The van der Waals surface area contributed by atoms with E-state index >= 15 is 0 Å². The minimum Gasteiger partial charge on any atom is -0.493 e. The second-order valence-corrected chi connectivity index (χ2v) is 11.5. The number of unbranched alkanes of at least 4 members (excludes halogenated alkanes) is 5. The van der Waals surface area contributed by atoms with E-state index in [1.165, 1.54) is 0 Å². The van der Waals surface area contributed by atoms with Gasteiger partial charge in [0.2, 0.25) is 5.79 Å². The molecular weight excluding hydrogens is 556 g/mol. The summed E-state index contributed by atoms with van der Waals surface area (Å²) in [6.07, 6.45) is 11.6. The molecule has 1 heterocycles. The fraction of sp³-hybridized carbons (Fsp3) is 0.676. The predicted molar refractivity (Wildman–Crippen MR) is 177 cm³/mol. The Morgan fingerprint density at radius 3 is 1.50 bits per heavy atom. The molecule has 1 fully saturated rings. The average molecular weight is 615 g/mol. The Balaban J connectivity index is 1.95. The molecule has 0 spiro atoms. The third kappa shape index (κ3) is 11.1. The maximum atomic E-state index is 6.50. The fourth-order valence-electron chi connectivity index (χ4n) is 5.01. The van der Waals surface area contributed by atoms with Gasteiger partial charge in [-0.05, 0) is 56.2 Å². The minimum atomic E-state index is -0.995. The molecule has 0 N–H and O–H groups in total. The Morgan fingerprint density at radius 2 is 1.00 bits per heavy atom. The topological polar surface area (TPSA) is 64.6 Å². The number of hydrogen-bond donors (Lipinski definition) is 0. The number of benzene rings is 2. The highest BCUT2D eigenvalue weighted by Crippen LogP contribution is 2.48. The molecule has 0 atom stereocenters. The summed E-state index contributed by atoms with van der Waals surface area (Å²) in [6, 6.07) is 10.3. The molecule has 0 bridgehead atoms. The van der Waals surface area contributed by atoms with E-state index in [2.05, 4.69) is 46.8 Å². The average Bonchev–Trinajstić information content (AvgIpc) is 3.51. The third-order valence-corrected chi connectivity index (χ3v) is 7.71. The summed E-state index contributed by atoms with van der Waals surface area (Å²) in [6.45, 7) is 15.1. The van der Waals surface area contributed by atoms with Gasteiger partial charge < -0.3 is 33.2 Å². The van der Waals surface area contributed by atoms with Crippen LogP contribution in [0.2, 0.25) is 0 Å². The highest BCUT2D eigenvalue weighted by Gasteiger charge is 2.44. The normalized spacial score (nSPS) is 14.0. The Kier molecular flexibility index (Phi) is 16.6. The van der Waals surface area contributed by atoms with Crippen LogP contribution in [0.5, 0.6) is 28.7 Å². The molecular formula is C37H58O7. The number of hydrogen-bond acceptors (Lipinski definition) is 7. The van der Waals surface area contributed by atoms with Crippen LogP contribution in [-0.2, 0) is 21.7 Å². The summed E-state index contributed by atoms with van der Waals surface area (Å²) < 4.78 is 44.3. The molecule has 0 amide bonds. The summed E-state index contributed by atoms with van der Waals surface area (Å²) in [4.78, 5) is 0. The molecule has 0 radical (unpaired) electrons. The standard InChI is InChI=1S/C37H58O7/c1-6-11-20-38-31-28-34(41-23-14-9-4)36(35(29-31)42-24-15-10-5)37(43-25-26-44-37)19-18-30-16-17-32(39-21-12-7-2)33(27-30)40-22-13-8-3/h16-17,27-29H,6-15,18-26H2,1-5H3. The van der Waals surface area contributed by atoms with Gasteiger partial charge in [0.25, 0.3) is 0 Å². The summed E-state index contributed by atoms with van der Waals surface area (Å²) in [5, 5.41) is 0. The summed E-state index contributed by atoms with van der Waals surface area (Å²) in [5.74, 6) is 2.78. The molecule has 1 saturated heterocycles. The van der Waals surface area contributed by atoms with Gasteiger partial charge >= 0.3 is 0 Å². The second kappa shape index (κ2) is 20.4. The van der Waals surface area contributed by atoms with Crippen molar-refractivity contribution >= 4 is 0 Å². The molecule has 0 saturated carbocycles. The Labute approximate surface area is 266 Å². The van der Waals surface area contributed by atoms with E-state index in [1.54, 1.807) is 0 Å². The van der Waals surface area contributed by atoms with Crippen molar-refractivity contribution in [1.82, 2.24) is 0 Å². The number of aryl methyl sites for hydroxylation is 1. The van der Waals surface area contributed by atoms with E-state index < -0.39 is 5.79 Å². The van der Waals surface area contributed by atoms with Crippen LogP contribution in [0.4, 0.5) is 0 Å². The van der Waals surface area contributed by atoms with Crippen LogP contribution < -0.4 is 23.7 Å². The van der Waals surface area contributed by atoms with Gasteiger partial charge in [0, 0.05) is 18.6 Å². The molecule has 7 heteroatoms. The summed E-state index contributed by atoms with van der Waals surface area (Å²) in [5.41, 5.74) is 1.96. The smallest absolute Gasteiger partial charge is 0.202 e. The van der Waals surface area contributed by atoms with Crippen LogP contribution in [0, 0.1) is 0 Å². The maximum absolute atomic E-state index is 6.50. The van der Waals surface area contributed by atoms with Crippen molar-refractivity contribution in [2.24, 2.45) is 0 Å². The molecule has 0 aliphatic carbocycles. The van der Waals surface area contributed by atoms with Gasteiger partial charge in [-0.15, -0.1) is 0 Å². The largest absolute Gasteiger partial charge is 0.493 e. The zero-order valence-corrected chi connectivity index (χ0v) is 28.2. The lowest BCUT2D eigenvalue weighted by Crippen LogP contribution is -2.30. The molecule has 1 aliphatic heterocycles. The van der Waals surface area contributed by atoms with E-state index in [4.69, 9.17) is 33.2 Å². The third-order valence-electron chi connectivity index (χ3n) is 7.71. The summed E-state index contributed by atoms with van der Waals surface area (Å²) >= 11 is 0. The van der Waals surface area contributed by atoms with Gasteiger partial charge in [-0.2, -0.15) is 0 Å². The predicted octanol–water partition coefficient (Wildman–Crippen LogP) is 9.41. The lowest BCUT2D eigenvalue weighted by molar-refractivity contribution is -0.172. The molecule has 2 aromatic rings. The zero-order chi connectivity index (χ0) is 31.5. The van der Waals surface area contributed by atoms with Crippen molar-refractivity contribution in [3.8, 4) is 28.7 Å². The Morgan fingerprint density at radius 1 is 0.545 bits per heavy atom. The zero-order valence-electron chi connectivity index (χ0n) is 28.2. The van der Waals surface area contributed by atoms with Crippen molar-refractivity contribution in [3.05, 3.63) is 41.5 Å². The fourth-order valence-corrected chi connectivity index (χ4v) is 5.01. The first-order valence-electron chi connectivity index (χ1n) is 17.3. The highest BCUT2D eigenvalue weighted by molar-refractivity contribution is 5.53. The van der Waals surface area contributed by atoms with Crippen LogP contribution in [0.25, 0.3) is 0 Å². The van der Waals surface area contributed by atoms with E-state index in [-0.39, 0.29) is 0 Å². The van der Waals surface area contributed by atoms with E-state index in [1.807, 2.05) is 18.2 Å². The molecule has 0 aromatic heterocycles. The van der Waals surface area contributed by atoms with Gasteiger partial charge in [-0.25, -0.2) is 0 Å². The van der Waals surface area contributed by atoms with Crippen LogP contribution in [0.1, 0.15) is 116 Å². The van der Waals surface area contributed by atoms with Crippen LogP contribution in [0.15, 0.2) is 30.3 Å².